The van der Waals surface area contributed by atoms with Gasteiger partial charge >= 0.3 is 5.97 Å². The highest BCUT2D eigenvalue weighted by Crippen LogP contribution is 2.15. The molecule has 0 aliphatic carbocycles. The first-order valence-electron chi connectivity index (χ1n) is 5.42. The fourth-order valence-electron chi connectivity index (χ4n) is 1.38. The van der Waals surface area contributed by atoms with Gasteiger partial charge in [-0.05, 0) is 6.92 Å². The van der Waals surface area contributed by atoms with Crippen molar-refractivity contribution in [3.05, 3.63) is 12.4 Å². The van der Waals surface area contributed by atoms with Crippen LogP contribution in [0.25, 0.3) is 0 Å². The second-order valence-corrected chi connectivity index (χ2v) is 3.70. The van der Waals surface area contributed by atoms with Crippen LogP contribution in [-0.4, -0.2) is 41.2 Å². The Morgan fingerprint density at radius 1 is 1.59 bits per heavy atom. The number of carboxylic acid groups (broad SMARTS) is 1. The number of anilines is 1. The molecule has 1 atom stereocenters. The molecule has 1 N–H and O–H groups in total. The van der Waals surface area contributed by atoms with Gasteiger partial charge in [-0.15, -0.1) is 0 Å². The zero-order valence-electron chi connectivity index (χ0n) is 10.3. The van der Waals surface area contributed by atoms with Crippen LogP contribution in [0.4, 0.5) is 5.82 Å². The third-order valence-corrected chi connectivity index (χ3v) is 2.43. The zero-order chi connectivity index (χ0) is 12.8. The Morgan fingerprint density at radius 2 is 2.29 bits per heavy atom. The van der Waals surface area contributed by atoms with Gasteiger partial charge in [-0.3, -0.25) is 9.78 Å². The maximum absolute atomic E-state index is 10.8. The van der Waals surface area contributed by atoms with Gasteiger partial charge < -0.3 is 14.7 Å². The molecular weight excluding hydrogens is 222 g/mol. The van der Waals surface area contributed by atoms with E-state index in [1.807, 2.05) is 11.8 Å². The van der Waals surface area contributed by atoms with Crippen LogP contribution in [0.3, 0.4) is 0 Å². The van der Waals surface area contributed by atoms with E-state index in [0.29, 0.717) is 24.8 Å². The largest absolute Gasteiger partial charge is 0.481 e. The average molecular weight is 239 g/mol. The number of methoxy groups -OCH3 is 1. The number of carboxylic acids is 1. The van der Waals surface area contributed by atoms with Crippen molar-refractivity contribution in [3.63, 3.8) is 0 Å². The summed E-state index contributed by atoms with van der Waals surface area (Å²) >= 11 is 0. The Labute approximate surface area is 100 Å². The first-order chi connectivity index (χ1) is 8.08. The average Bonchev–Trinajstić information content (AvgIpc) is 2.35. The van der Waals surface area contributed by atoms with Crippen molar-refractivity contribution >= 4 is 11.8 Å². The number of carbonyl (C=O) groups is 1. The second-order valence-electron chi connectivity index (χ2n) is 3.70. The van der Waals surface area contributed by atoms with E-state index in [1.54, 1.807) is 13.1 Å². The molecule has 6 nitrogen and oxygen atoms in total. The molecule has 17 heavy (non-hydrogen) atoms. The van der Waals surface area contributed by atoms with Gasteiger partial charge in [0.2, 0.25) is 5.88 Å². The smallest absolute Gasteiger partial charge is 0.308 e. The van der Waals surface area contributed by atoms with Crippen LogP contribution in [0.1, 0.15) is 13.8 Å². The monoisotopic (exact) mass is 239 g/mol. The molecule has 0 saturated heterocycles. The summed E-state index contributed by atoms with van der Waals surface area (Å²) in [6, 6.07) is 0. The van der Waals surface area contributed by atoms with E-state index in [-0.39, 0.29) is 0 Å². The van der Waals surface area contributed by atoms with Gasteiger partial charge in [-0.2, -0.15) is 4.98 Å². The molecule has 1 aromatic heterocycles. The summed E-state index contributed by atoms with van der Waals surface area (Å²) in [7, 11) is 1.52. The Hall–Kier alpha value is -1.85. The van der Waals surface area contributed by atoms with Crippen LogP contribution < -0.4 is 9.64 Å². The van der Waals surface area contributed by atoms with Crippen molar-refractivity contribution in [2.24, 2.45) is 5.92 Å². The minimum absolute atomic E-state index is 0.397. The molecule has 0 fully saturated rings. The molecule has 94 valence electrons. The summed E-state index contributed by atoms with van der Waals surface area (Å²) in [5.41, 5.74) is 0. The summed E-state index contributed by atoms with van der Waals surface area (Å²) in [6.07, 6.45) is 3.11. The van der Waals surface area contributed by atoms with Gasteiger partial charge in [0, 0.05) is 13.1 Å². The number of hydrogen-bond donors (Lipinski definition) is 1. The molecule has 1 heterocycles. The molecule has 0 amide bonds. The number of rotatable bonds is 6. The molecule has 0 aromatic carbocycles. The lowest BCUT2D eigenvalue weighted by molar-refractivity contribution is -0.140. The Bertz CT molecular complexity index is 384. The van der Waals surface area contributed by atoms with E-state index >= 15 is 0 Å². The van der Waals surface area contributed by atoms with Crippen molar-refractivity contribution in [1.29, 1.82) is 0 Å². The van der Waals surface area contributed by atoms with Gasteiger partial charge in [0.05, 0.1) is 25.4 Å². The first kappa shape index (κ1) is 13.2. The lowest BCUT2D eigenvalue weighted by atomic mass is 10.2. The summed E-state index contributed by atoms with van der Waals surface area (Å²) < 4.78 is 4.99. The summed E-state index contributed by atoms with van der Waals surface area (Å²) in [5.74, 6) is -0.230. The summed E-state index contributed by atoms with van der Waals surface area (Å²) in [4.78, 5) is 20.9. The van der Waals surface area contributed by atoms with E-state index in [9.17, 15) is 4.79 Å². The normalized spacial score (nSPS) is 11.9. The molecular formula is C11H17N3O3. The van der Waals surface area contributed by atoms with Crippen LogP contribution >= 0.6 is 0 Å². The highest BCUT2D eigenvalue weighted by Gasteiger charge is 2.16. The first-order valence-corrected chi connectivity index (χ1v) is 5.42. The number of hydrogen-bond acceptors (Lipinski definition) is 5. The summed E-state index contributed by atoms with van der Waals surface area (Å²) in [6.45, 7) is 4.67. The standard InChI is InChI=1S/C11H17N3O3/c1-4-14(7-8(2)11(15)16)9-5-12-6-10(13-9)17-3/h5-6,8H,4,7H2,1-3H3,(H,15,16). The van der Waals surface area contributed by atoms with Crippen LogP contribution in [-0.2, 0) is 4.79 Å². The van der Waals surface area contributed by atoms with E-state index in [0.717, 1.165) is 0 Å². The minimum Gasteiger partial charge on any atom is -0.481 e. The van der Waals surface area contributed by atoms with Gasteiger partial charge in [-0.1, -0.05) is 6.92 Å². The Balaban J connectivity index is 2.82. The minimum atomic E-state index is -0.820. The molecule has 0 saturated carbocycles. The molecule has 0 aliphatic rings. The molecule has 0 radical (unpaired) electrons. The van der Waals surface area contributed by atoms with Crippen molar-refractivity contribution in [3.8, 4) is 5.88 Å². The number of aliphatic carboxylic acids is 1. The van der Waals surface area contributed by atoms with Gasteiger partial charge in [0.15, 0.2) is 5.82 Å². The molecule has 0 bridgehead atoms. The fraction of sp³-hybridized carbons (Fsp3) is 0.545. The molecule has 0 aliphatic heterocycles. The maximum atomic E-state index is 10.8. The van der Waals surface area contributed by atoms with Crippen LogP contribution in [0.5, 0.6) is 5.88 Å². The van der Waals surface area contributed by atoms with E-state index < -0.39 is 11.9 Å². The summed E-state index contributed by atoms with van der Waals surface area (Å²) in [5, 5.41) is 8.89. The van der Waals surface area contributed by atoms with Gasteiger partial charge in [0.1, 0.15) is 0 Å². The molecule has 1 aromatic rings. The topological polar surface area (TPSA) is 75.6 Å². The molecule has 0 spiro atoms. The van der Waals surface area contributed by atoms with Crippen molar-refractivity contribution in [1.82, 2.24) is 9.97 Å². The lowest BCUT2D eigenvalue weighted by Gasteiger charge is -2.23. The molecule has 6 heteroatoms. The number of aromatic nitrogens is 2. The van der Waals surface area contributed by atoms with Gasteiger partial charge in [-0.25, -0.2) is 0 Å². The van der Waals surface area contributed by atoms with Gasteiger partial charge in [0.25, 0.3) is 0 Å². The van der Waals surface area contributed by atoms with Crippen molar-refractivity contribution < 1.29 is 14.6 Å². The highest BCUT2D eigenvalue weighted by molar-refractivity contribution is 5.70. The van der Waals surface area contributed by atoms with Crippen molar-refractivity contribution in [2.75, 3.05) is 25.1 Å². The fourth-order valence-corrected chi connectivity index (χ4v) is 1.38. The Morgan fingerprint density at radius 3 is 2.82 bits per heavy atom. The van der Waals surface area contributed by atoms with Crippen molar-refractivity contribution in [2.45, 2.75) is 13.8 Å². The number of ether oxygens (including phenoxy) is 1. The predicted molar refractivity (Wildman–Crippen MR) is 63.3 cm³/mol. The SMILES string of the molecule is CCN(CC(C)C(=O)O)c1cncc(OC)n1. The van der Waals surface area contributed by atoms with Crippen LogP contribution in [0, 0.1) is 5.92 Å². The number of nitrogens with zero attached hydrogens (tertiary/aromatic N) is 3. The molecule has 1 rings (SSSR count). The third kappa shape index (κ3) is 3.58. The maximum Gasteiger partial charge on any atom is 0.308 e. The zero-order valence-corrected chi connectivity index (χ0v) is 10.3. The second kappa shape index (κ2) is 6.03. The van der Waals surface area contributed by atoms with E-state index in [2.05, 4.69) is 9.97 Å². The predicted octanol–water partition coefficient (Wildman–Crippen LogP) is 1.03. The lowest BCUT2D eigenvalue weighted by Crippen LogP contribution is -2.32. The quantitative estimate of drug-likeness (QED) is 0.799. The van der Waals surface area contributed by atoms with E-state index in [4.69, 9.17) is 9.84 Å². The highest BCUT2D eigenvalue weighted by atomic mass is 16.5. The van der Waals surface area contributed by atoms with Crippen LogP contribution in [0.15, 0.2) is 12.4 Å². The van der Waals surface area contributed by atoms with Crippen LogP contribution in [0.2, 0.25) is 0 Å². The molecule has 1 unspecified atom stereocenters. The van der Waals surface area contributed by atoms with E-state index in [1.165, 1.54) is 13.3 Å². The third-order valence-electron chi connectivity index (χ3n) is 2.43. The Kier molecular flexibility index (Phi) is 4.68.